The quantitative estimate of drug-likeness (QED) is 0.166. The van der Waals surface area contributed by atoms with Gasteiger partial charge in [-0.15, -0.1) is 0 Å². The maximum absolute atomic E-state index is 14.3. The summed E-state index contributed by atoms with van der Waals surface area (Å²) in [7, 11) is 0. The summed E-state index contributed by atoms with van der Waals surface area (Å²) in [5.74, 6) is 0. The zero-order valence-corrected chi connectivity index (χ0v) is 24.2. The van der Waals surface area contributed by atoms with E-state index in [1.807, 2.05) is 18.2 Å². The molecule has 3 aromatic carbocycles. The van der Waals surface area contributed by atoms with Crippen molar-refractivity contribution in [2.75, 3.05) is 0 Å². The maximum Gasteiger partial charge on any atom is 0.0818 e. The predicted molar refractivity (Wildman–Crippen MR) is 160 cm³/mol. The molecule has 0 radical (unpaired) electrons. The van der Waals surface area contributed by atoms with Crippen molar-refractivity contribution in [3.63, 3.8) is 0 Å². The number of rotatable bonds is 16. The highest BCUT2D eigenvalue weighted by molar-refractivity contribution is 7.94. The number of unbranched alkanes of at least 4 members (excludes halogenated alkanes) is 10. The van der Waals surface area contributed by atoms with Crippen LogP contribution in [0.15, 0.2) is 58.3 Å². The van der Waals surface area contributed by atoms with Gasteiger partial charge in [0.15, 0.2) is 0 Å². The third-order valence-corrected chi connectivity index (χ3v) is 9.32. The van der Waals surface area contributed by atoms with Gasteiger partial charge in [-0.25, -0.2) is 0 Å². The van der Waals surface area contributed by atoms with Crippen LogP contribution in [0.2, 0.25) is 0 Å². The molecule has 0 spiro atoms. The maximum atomic E-state index is 14.3. The molecule has 0 aromatic heterocycles. The fourth-order valence-electron chi connectivity index (χ4n) is 6.48. The SMILES string of the molecule is CCCCCCCCC1(CCCCCCCC)c2cc(SF)ccc2-c2c1cc(SF)c1ccccc21. The molecule has 1 aliphatic carbocycles. The highest BCUT2D eigenvalue weighted by Crippen LogP contribution is 2.58. The second-order valence-electron chi connectivity index (χ2n) is 10.8. The summed E-state index contributed by atoms with van der Waals surface area (Å²) in [6, 6.07) is 16.5. The highest BCUT2D eigenvalue weighted by Gasteiger charge is 2.43. The van der Waals surface area contributed by atoms with Crippen LogP contribution in [0.5, 0.6) is 0 Å². The Bertz CT molecular complexity index is 1140. The minimum Gasteiger partial charge on any atom is -0.160 e. The smallest absolute Gasteiger partial charge is 0.0818 e. The van der Waals surface area contributed by atoms with Gasteiger partial charge in [0.1, 0.15) is 0 Å². The number of hydrogen-bond acceptors (Lipinski definition) is 2. The van der Waals surface area contributed by atoms with E-state index in [1.54, 1.807) is 0 Å². The van der Waals surface area contributed by atoms with Crippen molar-refractivity contribution in [2.45, 2.75) is 119 Å². The molecule has 0 amide bonds. The predicted octanol–water partition coefficient (Wildman–Crippen LogP) is 12.6. The standard InChI is InChI=1S/C33H42F2S2/c1-3-5-7-9-11-15-21-33(22-16-12-10-8-6-4-2)29-23-25(36-34)19-20-28(29)32-27-18-14-13-17-26(27)31(37-35)24-30(32)33/h13-14,17-20,23-24H,3-12,15-16,21-22H2,1-2H3. The van der Waals surface area contributed by atoms with Gasteiger partial charge in [0, 0.05) is 15.2 Å². The average Bonchev–Trinajstić information content (AvgIpc) is 3.21. The average molecular weight is 541 g/mol. The van der Waals surface area contributed by atoms with Crippen molar-refractivity contribution >= 4 is 35.1 Å². The van der Waals surface area contributed by atoms with E-state index >= 15 is 0 Å². The van der Waals surface area contributed by atoms with Crippen LogP contribution in [-0.2, 0) is 5.41 Å². The molecular formula is C33H42F2S2. The van der Waals surface area contributed by atoms with Gasteiger partial charge < -0.3 is 0 Å². The van der Waals surface area contributed by atoms with Crippen molar-refractivity contribution in [1.82, 2.24) is 0 Å². The summed E-state index contributed by atoms with van der Waals surface area (Å²) in [5, 5.41) is 2.09. The lowest BCUT2D eigenvalue weighted by Gasteiger charge is -2.33. The van der Waals surface area contributed by atoms with Gasteiger partial charge in [-0.1, -0.05) is 121 Å². The molecule has 200 valence electrons. The third-order valence-electron chi connectivity index (χ3n) is 8.38. The molecule has 4 rings (SSSR count). The van der Waals surface area contributed by atoms with Crippen molar-refractivity contribution in [2.24, 2.45) is 0 Å². The van der Waals surface area contributed by atoms with Crippen LogP contribution in [0.1, 0.15) is 115 Å². The summed E-state index contributed by atoms with van der Waals surface area (Å²) < 4.78 is 28.2. The molecule has 1 aliphatic rings. The van der Waals surface area contributed by atoms with Crippen LogP contribution >= 0.6 is 24.3 Å². The second kappa shape index (κ2) is 14.0. The summed E-state index contributed by atoms with van der Waals surface area (Å²) >= 11 is 0.698. The van der Waals surface area contributed by atoms with E-state index in [0.717, 1.165) is 36.5 Å². The number of fused-ring (bicyclic) bond motifs is 5. The molecule has 0 N–H and O–H groups in total. The molecule has 0 unspecified atom stereocenters. The third kappa shape index (κ3) is 6.22. The van der Waals surface area contributed by atoms with Crippen LogP contribution in [0, 0.1) is 0 Å². The Balaban J connectivity index is 1.78. The Morgan fingerprint density at radius 3 is 1.81 bits per heavy atom. The molecule has 0 heterocycles. The van der Waals surface area contributed by atoms with Gasteiger partial charge in [-0.05, 0) is 64.1 Å². The van der Waals surface area contributed by atoms with Crippen LogP contribution in [0.4, 0.5) is 7.77 Å². The Morgan fingerprint density at radius 2 is 1.22 bits per heavy atom. The van der Waals surface area contributed by atoms with Gasteiger partial charge in [-0.3, -0.25) is 0 Å². The van der Waals surface area contributed by atoms with E-state index in [0.29, 0.717) is 34.1 Å². The van der Waals surface area contributed by atoms with E-state index < -0.39 is 0 Å². The number of hydrogen-bond donors (Lipinski definition) is 0. The fourth-order valence-corrected chi connectivity index (χ4v) is 7.19. The Labute approximate surface area is 232 Å². The van der Waals surface area contributed by atoms with E-state index in [9.17, 15) is 7.77 Å². The monoisotopic (exact) mass is 540 g/mol. The normalized spacial score (nSPS) is 13.7. The molecule has 37 heavy (non-hydrogen) atoms. The molecule has 3 aromatic rings. The summed E-state index contributed by atoms with van der Waals surface area (Å²) in [6.07, 6.45) is 17.1. The highest BCUT2D eigenvalue weighted by atomic mass is 32.2. The Morgan fingerprint density at radius 1 is 0.622 bits per heavy atom. The number of halogens is 2. The van der Waals surface area contributed by atoms with Crippen molar-refractivity contribution in [1.29, 1.82) is 0 Å². The lowest BCUT2D eigenvalue weighted by Crippen LogP contribution is -2.25. The first-order valence-electron chi connectivity index (χ1n) is 14.5. The van der Waals surface area contributed by atoms with E-state index in [-0.39, 0.29) is 5.41 Å². The van der Waals surface area contributed by atoms with Gasteiger partial charge >= 0.3 is 0 Å². The first-order chi connectivity index (χ1) is 18.2. The van der Waals surface area contributed by atoms with E-state index in [1.165, 1.54) is 86.5 Å². The molecule has 0 nitrogen and oxygen atoms in total. The van der Waals surface area contributed by atoms with Crippen LogP contribution < -0.4 is 0 Å². The topological polar surface area (TPSA) is 0 Å². The zero-order chi connectivity index (χ0) is 26.1. The van der Waals surface area contributed by atoms with Gasteiger partial charge in [0.25, 0.3) is 0 Å². The summed E-state index contributed by atoms with van der Waals surface area (Å²) in [6.45, 7) is 4.51. The van der Waals surface area contributed by atoms with Gasteiger partial charge in [0.05, 0.1) is 24.3 Å². The van der Waals surface area contributed by atoms with Crippen LogP contribution in [0.25, 0.3) is 21.9 Å². The lowest BCUT2D eigenvalue weighted by molar-refractivity contribution is 0.397. The Hall–Kier alpha value is -1.52. The molecule has 0 aliphatic heterocycles. The zero-order valence-electron chi connectivity index (χ0n) is 22.6. The Kier molecular flexibility index (Phi) is 10.8. The van der Waals surface area contributed by atoms with Crippen LogP contribution in [0.3, 0.4) is 0 Å². The second-order valence-corrected chi connectivity index (χ2v) is 12.0. The first-order valence-corrected chi connectivity index (χ1v) is 15.9. The van der Waals surface area contributed by atoms with Crippen molar-refractivity contribution < 1.29 is 7.77 Å². The van der Waals surface area contributed by atoms with Gasteiger partial charge in [-0.2, -0.15) is 7.77 Å². The first kappa shape index (κ1) is 28.5. The summed E-state index contributed by atoms with van der Waals surface area (Å²) in [5.41, 5.74) is 4.82. The minimum absolute atomic E-state index is 0.180. The molecular weight excluding hydrogens is 498 g/mol. The molecule has 0 saturated heterocycles. The lowest BCUT2D eigenvalue weighted by atomic mass is 9.70. The fraction of sp³-hybridized carbons (Fsp3) is 0.515. The number of benzene rings is 3. The van der Waals surface area contributed by atoms with E-state index in [2.05, 4.69) is 44.2 Å². The van der Waals surface area contributed by atoms with Gasteiger partial charge in [0.2, 0.25) is 0 Å². The van der Waals surface area contributed by atoms with Crippen LogP contribution in [-0.4, -0.2) is 0 Å². The molecule has 0 saturated carbocycles. The minimum atomic E-state index is -0.180. The molecule has 0 fully saturated rings. The van der Waals surface area contributed by atoms with E-state index in [4.69, 9.17) is 0 Å². The van der Waals surface area contributed by atoms with Crippen molar-refractivity contribution in [3.05, 3.63) is 59.7 Å². The summed E-state index contributed by atoms with van der Waals surface area (Å²) in [4.78, 5) is 1.38. The largest absolute Gasteiger partial charge is 0.160 e. The molecule has 0 atom stereocenters. The molecule has 0 bridgehead atoms. The van der Waals surface area contributed by atoms with Crippen molar-refractivity contribution in [3.8, 4) is 11.1 Å². The molecule has 4 heteroatoms.